The molecular formula is C104H88Cl4N8O7. The minimum absolute atomic E-state index is 0.115. The van der Waals surface area contributed by atoms with Crippen molar-refractivity contribution in [2.45, 2.75) is 105 Å². The summed E-state index contributed by atoms with van der Waals surface area (Å²) < 4.78 is 0. The fraction of sp³-hybridized carbons (Fsp3) is 0.154. The second-order valence-corrected chi connectivity index (χ2v) is 36.2. The van der Waals surface area contributed by atoms with Crippen LogP contribution in [-0.4, -0.2) is 78.2 Å². The molecule has 0 amide bonds. The second-order valence-electron chi connectivity index (χ2n) is 34.7. The number of Topliss-reactive ketones (excluding diaryl/α,β-unsaturated/α-hetero) is 2. The summed E-state index contributed by atoms with van der Waals surface area (Å²) in [7, 11) is 0. The lowest BCUT2D eigenvalue weighted by Gasteiger charge is -2.22. The molecule has 1 aliphatic carbocycles. The number of nitrogens with zero attached hydrogens (tertiary/aromatic N) is 5. The molecule has 0 unspecified atom stereocenters. The number of hydrogen-bond acceptors (Lipinski definition) is 12. The van der Waals surface area contributed by atoms with Gasteiger partial charge in [0.2, 0.25) is 11.6 Å². The minimum Gasteiger partial charge on any atom is -0.507 e. The Morgan fingerprint density at radius 2 is 0.732 bits per heavy atom. The average molecular weight is 1700 g/mol. The topological polar surface area (TPSA) is 244 Å². The van der Waals surface area contributed by atoms with Crippen LogP contribution in [-0.2, 0) is 31.2 Å². The number of hydrogen-bond donors (Lipinski definition) is 7. The molecule has 16 aromatic rings. The number of pyridine rings is 4. The van der Waals surface area contributed by atoms with Gasteiger partial charge in [0.25, 0.3) is 0 Å². The van der Waals surface area contributed by atoms with Crippen molar-refractivity contribution in [3.63, 3.8) is 0 Å². The summed E-state index contributed by atoms with van der Waals surface area (Å²) in [5, 5.41) is 52.3. The van der Waals surface area contributed by atoms with E-state index in [1.165, 1.54) is 0 Å². The number of rotatable bonds is 8. The number of aldehydes is 1. The molecule has 9 heterocycles. The van der Waals surface area contributed by atoms with E-state index in [2.05, 4.69) is 160 Å². The maximum atomic E-state index is 12.2. The highest BCUT2D eigenvalue weighted by Crippen LogP contribution is 2.47. The first-order valence-corrected chi connectivity index (χ1v) is 41.5. The largest absolute Gasteiger partial charge is 0.507 e. The van der Waals surface area contributed by atoms with E-state index in [0.717, 1.165) is 123 Å². The summed E-state index contributed by atoms with van der Waals surface area (Å²) in [6, 6.07) is 67.9. The van der Waals surface area contributed by atoms with Gasteiger partial charge in [-0.05, 0) is 194 Å². The van der Waals surface area contributed by atoms with Gasteiger partial charge in [-0.15, -0.1) is 0 Å². The van der Waals surface area contributed by atoms with Crippen molar-refractivity contribution in [2.75, 3.05) is 0 Å². The molecular weight excluding hydrogens is 1620 g/mol. The molecule has 0 spiro atoms. The summed E-state index contributed by atoms with van der Waals surface area (Å²) in [4.78, 5) is 68.4. The highest BCUT2D eigenvalue weighted by Gasteiger charge is 2.32. The minimum atomic E-state index is -0.729. The molecule has 18 rings (SSSR count). The Hall–Kier alpha value is -13.3. The zero-order valence-corrected chi connectivity index (χ0v) is 72.9. The van der Waals surface area contributed by atoms with E-state index in [0.29, 0.717) is 77.4 Å². The molecule has 614 valence electrons. The van der Waals surface area contributed by atoms with Crippen molar-refractivity contribution in [3.05, 3.63) is 302 Å². The standard InChI is InChI=1S/C49H42N4O2.C40H38N4O2.C9H8O.C6Cl4O2/c1-8-27-10-9-11-30(22-27)43-41-20-18-37(50-41)33-23-31(48(2,3)4)25-35(46(33)54)39-16-14-28-12-13-29-15-17-40(53-45(29)44(28)52-39)36-26-32(49(5,6)7)24-34(47(36)55)38-19-21-42(43)51-38;1-39(2,3)25-19-27(31-9-7-17-41-31)37(45)29(21-25)33-15-13-23-11-12-24-14-16-34(44-36(24)35(23)43-33)30-22-26(40(4,5)6)20-28(38(30)46)32-10-8-18-42-32;1-2-8-4-3-5-9(6-8)7-10;7-1-2(8)6(12)4(10)3(9)5(1)11/h8-26,50,54-55H,1H2,2-7H3;7-22,41-42,45-46H,1-6H3;2-7H,1H2;. The van der Waals surface area contributed by atoms with Crippen LogP contribution in [0.2, 0.25) is 0 Å². The zero-order valence-electron chi connectivity index (χ0n) is 69.8. The van der Waals surface area contributed by atoms with E-state index in [-0.39, 0.29) is 44.7 Å². The number of carbonyl (C=O) groups is 3. The van der Waals surface area contributed by atoms with Gasteiger partial charge in [0.05, 0.1) is 55.9 Å². The lowest BCUT2D eigenvalue weighted by molar-refractivity contribution is -0.114. The summed E-state index contributed by atoms with van der Waals surface area (Å²) in [5.74, 6) is -0.848. The number of H-pyrrole nitrogens is 3. The number of benzene rings is 8. The van der Waals surface area contributed by atoms with Crippen LogP contribution in [0.3, 0.4) is 0 Å². The Balaban J connectivity index is 0.000000154. The third kappa shape index (κ3) is 16.9. The smallest absolute Gasteiger partial charge is 0.219 e. The number of aromatic hydroxyl groups is 4. The fourth-order valence-corrected chi connectivity index (χ4v) is 15.8. The van der Waals surface area contributed by atoms with Crippen LogP contribution in [0.15, 0.2) is 252 Å². The van der Waals surface area contributed by atoms with Crippen molar-refractivity contribution in [2.24, 2.45) is 0 Å². The van der Waals surface area contributed by atoms with Crippen molar-refractivity contribution in [1.29, 1.82) is 0 Å². The third-order valence-corrected chi connectivity index (χ3v) is 23.8. The molecule has 0 saturated heterocycles. The number of phenolic OH excluding ortho intramolecular Hbond substituents is 4. The normalized spacial score (nSPS) is 12.9. The van der Waals surface area contributed by atoms with Gasteiger partial charge in [-0.3, -0.25) is 14.4 Å². The van der Waals surface area contributed by atoms with Crippen LogP contribution < -0.4 is 0 Å². The third-order valence-electron chi connectivity index (χ3n) is 22.1. The van der Waals surface area contributed by atoms with E-state index >= 15 is 0 Å². The number of phenols is 4. The number of carbonyl (C=O) groups excluding carboxylic acids is 3. The van der Waals surface area contributed by atoms with Gasteiger partial charge >= 0.3 is 0 Å². The molecule has 123 heavy (non-hydrogen) atoms. The van der Waals surface area contributed by atoms with E-state index < -0.39 is 31.7 Å². The lowest BCUT2D eigenvalue weighted by Crippen LogP contribution is -2.14. The number of aromatic amines is 3. The molecule has 0 saturated carbocycles. The summed E-state index contributed by atoms with van der Waals surface area (Å²) >= 11 is 21.5. The molecule has 12 bridgehead atoms. The van der Waals surface area contributed by atoms with Gasteiger partial charge in [0.1, 0.15) is 49.4 Å². The maximum Gasteiger partial charge on any atom is 0.219 e. The Kier molecular flexibility index (Phi) is 22.9. The summed E-state index contributed by atoms with van der Waals surface area (Å²) in [6.07, 6.45) is 12.1. The summed E-state index contributed by atoms with van der Waals surface area (Å²) in [6.45, 7) is 33.6. The van der Waals surface area contributed by atoms with Gasteiger partial charge in [0.15, 0.2) is 0 Å². The quantitative estimate of drug-likeness (QED) is 0.0427. The molecule has 15 nitrogen and oxygen atoms in total. The van der Waals surface area contributed by atoms with E-state index in [1.807, 2.05) is 176 Å². The molecule has 8 aromatic carbocycles. The van der Waals surface area contributed by atoms with E-state index in [1.54, 1.807) is 18.2 Å². The van der Waals surface area contributed by atoms with Crippen LogP contribution >= 0.6 is 46.4 Å². The molecule has 0 radical (unpaired) electrons. The molecule has 0 atom stereocenters. The van der Waals surface area contributed by atoms with Crippen LogP contribution in [0.25, 0.3) is 168 Å². The Labute approximate surface area is 731 Å². The first kappa shape index (κ1) is 84.7. The van der Waals surface area contributed by atoms with Crippen LogP contribution in [0.1, 0.15) is 138 Å². The monoisotopic (exact) mass is 1700 g/mol. The predicted octanol–water partition coefficient (Wildman–Crippen LogP) is 27.4. The molecule has 19 heteroatoms. The van der Waals surface area contributed by atoms with Gasteiger partial charge in [0, 0.05) is 111 Å². The number of allylic oxidation sites excluding steroid dienone is 4. The molecule has 8 aromatic heterocycles. The number of nitrogens with one attached hydrogen (secondary N) is 3. The van der Waals surface area contributed by atoms with Gasteiger partial charge in [-0.2, -0.15) is 0 Å². The maximum absolute atomic E-state index is 12.2. The number of fused-ring (bicyclic) bond motifs is 17. The fourth-order valence-electron chi connectivity index (χ4n) is 15.0. The van der Waals surface area contributed by atoms with Gasteiger partial charge in [-0.1, -0.05) is 240 Å². The molecule has 1 aliphatic heterocycles. The zero-order chi connectivity index (χ0) is 87.6. The van der Waals surface area contributed by atoms with Crippen LogP contribution in [0.5, 0.6) is 23.0 Å². The highest BCUT2D eigenvalue weighted by molar-refractivity contribution is 6.69. The van der Waals surface area contributed by atoms with Crippen molar-refractivity contribution < 1.29 is 34.8 Å². The lowest BCUT2D eigenvalue weighted by atomic mass is 9.83. The predicted molar refractivity (Wildman–Crippen MR) is 508 cm³/mol. The molecule has 0 fully saturated rings. The van der Waals surface area contributed by atoms with Gasteiger partial charge in [-0.25, -0.2) is 24.9 Å². The Bertz CT molecular complexity index is 7070. The Morgan fingerprint density at radius 1 is 0.358 bits per heavy atom. The highest BCUT2D eigenvalue weighted by atomic mass is 35.5. The SMILES string of the molecule is C=Cc1cccc(-c2c3nc(c4cc(C(C)(C)C)cc(c4O)c4ccc5ccc6ccc(nc6c5n4)c4cc(C(C)(C)C)cc(c4O)c4ccc2[nH]4)C=C3)c1.C=Cc1cccc(C=O)c1.CC(C)(C)c1cc(-c2ccc3ccc4ccc(-c5cc(C(C)(C)C)cc(-c6ccc[nH]6)c5O)nc4c3n2)c(O)c(-c2ccc[nH]2)c1.O=C1C(Cl)=C(Cl)C(=O)C(Cl)=C1Cl. The van der Waals surface area contributed by atoms with Crippen molar-refractivity contribution in [3.8, 4) is 79.2 Å². The van der Waals surface area contributed by atoms with Crippen LogP contribution in [0.4, 0.5) is 0 Å². The summed E-state index contributed by atoms with van der Waals surface area (Å²) in [5.41, 5.74) is 21.0. The van der Waals surface area contributed by atoms with Crippen molar-refractivity contribution in [1.82, 2.24) is 39.9 Å². The van der Waals surface area contributed by atoms with Gasteiger partial charge < -0.3 is 35.4 Å². The van der Waals surface area contributed by atoms with E-state index in [4.69, 9.17) is 71.3 Å². The molecule has 7 N–H and O–H groups in total. The first-order chi connectivity index (χ1) is 58.5. The first-order valence-electron chi connectivity index (χ1n) is 40.0. The number of halogens is 4. The molecule has 2 aliphatic rings. The Morgan fingerprint density at radius 3 is 1.17 bits per heavy atom. The number of ketones is 2. The average Bonchev–Trinajstić information content (AvgIpc) is 1.72. The number of aromatic nitrogens is 8. The van der Waals surface area contributed by atoms with Crippen molar-refractivity contribution >= 4 is 176 Å². The van der Waals surface area contributed by atoms with E-state index in [9.17, 15) is 34.8 Å². The van der Waals surface area contributed by atoms with Crippen LogP contribution in [0, 0.1) is 0 Å². The second kappa shape index (κ2) is 33.3.